The monoisotopic (exact) mass is 339 g/mol. The third kappa shape index (κ3) is 5.02. The molecule has 0 spiro atoms. The van der Waals surface area contributed by atoms with Gasteiger partial charge in [0.15, 0.2) is 0 Å². The van der Waals surface area contributed by atoms with Crippen molar-refractivity contribution >= 4 is 35.0 Å². The Morgan fingerprint density at radius 3 is 2.73 bits per heavy atom. The van der Waals surface area contributed by atoms with E-state index in [-0.39, 0.29) is 17.3 Å². The van der Waals surface area contributed by atoms with E-state index in [1.165, 1.54) is 30.0 Å². The summed E-state index contributed by atoms with van der Waals surface area (Å²) in [7, 11) is 0. The number of thioether (sulfide) groups is 1. The first-order chi connectivity index (χ1) is 10.6. The van der Waals surface area contributed by atoms with Gasteiger partial charge in [-0.1, -0.05) is 41.9 Å². The molecule has 1 amide bonds. The predicted octanol–water partition coefficient (Wildman–Crippen LogP) is 3.88. The normalized spacial score (nSPS) is 12.0. The summed E-state index contributed by atoms with van der Waals surface area (Å²) in [5.74, 6) is -0.371. The Hall–Kier alpha value is -1.56. The molecule has 0 saturated heterocycles. The zero-order valence-electron chi connectivity index (χ0n) is 11.6. The summed E-state index contributed by atoms with van der Waals surface area (Å²) >= 11 is 7.03. The van der Waals surface area contributed by atoms with E-state index in [9.17, 15) is 14.3 Å². The molecule has 2 aromatic rings. The highest BCUT2D eigenvalue weighted by molar-refractivity contribution is 7.99. The van der Waals surface area contributed by atoms with Gasteiger partial charge in [0.2, 0.25) is 5.91 Å². The quantitative estimate of drug-likeness (QED) is 0.839. The zero-order chi connectivity index (χ0) is 15.9. The lowest BCUT2D eigenvalue weighted by molar-refractivity contribution is -0.113. The van der Waals surface area contributed by atoms with Gasteiger partial charge < -0.3 is 10.4 Å². The lowest BCUT2D eigenvalue weighted by Crippen LogP contribution is -2.16. The number of amides is 1. The molecule has 3 nitrogen and oxygen atoms in total. The van der Waals surface area contributed by atoms with Gasteiger partial charge in [-0.2, -0.15) is 0 Å². The van der Waals surface area contributed by atoms with Crippen LogP contribution in [-0.4, -0.2) is 22.5 Å². The zero-order valence-corrected chi connectivity index (χ0v) is 13.2. The van der Waals surface area contributed by atoms with E-state index in [0.717, 1.165) is 5.56 Å². The highest BCUT2D eigenvalue weighted by Crippen LogP contribution is 2.21. The highest BCUT2D eigenvalue weighted by atomic mass is 35.5. The van der Waals surface area contributed by atoms with Crippen LogP contribution >= 0.6 is 23.4 Å². The Balaban J connectivity index is 1.80. The van der Waals surface area contributed by atoms with Crippen LogP contribution in [0.25, 0.3) is 0 Å². The molecule has 2 N–H and O–H groups in total. The minimum Gasteiger partial charge on any atom is -0.388 e. The van der Waals surface area contributed by atoms with Crippen LogP contribution in [0.1, 0.15) is 11.7 Å². The Labute approximate surface area is 137 Å². The van der Waals surface area contributed by atoms with Crippen molar-refractivity contribution in [3.05, 3.63) is 64.9 Å². The van der Waals surface area contributed by atoms with Gasteiger partial charge >= 0.3 is 0 Å². The SMILES string of the molecule is O=C(CSCC(O)c1ccccc1)Nc1cc(Cl)ccc1F. The van der Waals surface area contributed by atoms with Gasteiger partial charge in [0.1, 0.15) is 5.82 Å². The molecule has 0 aromatic heterocycles. The lowest BCUT2D eigenvalue weighted by Gasteiger charge is -2.11. The van der Waals surface area contributed by atoms with Gasteiger partial charge in [-0.25, -0.2) is 4.39 Å². The second-order valence-corrected chi connectivity index (χ2v) is 6.08. The number of aliphatic hydroxyl groups excluding tert-OH is 1. The van der Waals surface area contributed by atoms with Crippen molar-refractivity contribution in [1.82, 2.24) is 0 Å². The molecule has 0 aliphatic rings. The van der Waals surface area contributed by atoms with E-state index < -0.39 is 11.9 Å². The Bertz CT molecular complexity index is 639. The van der Waals surface area contributed by atoms with Crippen LogP contribution in [-0.2, 0) is 4.79 Å². The first-order valence-corrected chi connectivity index (χ1v) is 8.15. The standard InChI is InChI=1S/C16H15ClFNO2S/c17-12-6-7-13(18)14(8-12)19-16(21)10-22-9-15(20)11-4-2-1-3-5-11/h1-8,15,20H,9-10H2,(H,19,21). The largest absolute Gasteiger partial charge is 0.388 e. The summed E-state index contributed by atoms with van der Waals surface area (Å²) in [6, 6.07) is 13.2. The van der Waals surface area contributed by atoms with Crippen molar-refractivity contribution in [2.75, 3.05) is 16.8 Å². The molecule has 0 heterocycles. The summed E-state index contributed by atoms with van der Waals surface area (Å²) in [5, 5.41) is 12.8. The molecule has 0 aliphatic heterocycles. The molecular formula is C16H15ClFNO2S. The van der Waals surface area contributed by atoms with Crippen LogP contribution < -0.4 is 5.32 Å². The summed E-state index contributed by atoms with van der Waals surface area (Å²) in [6.07, 6.45) is -0.637. The minimum atomic E-state index is -0.637. The van der Waals surface area contributed by atoms with E-state index >= 15 is 0 Å². The maximum absolute atomic E-state index is 13.5. The summed E-state index contributed by atoms with van der Waals surface area (Å²) in [4.78, 5) is 11.8. The summed E-state index contributed by atoms with van der Waals surface area (Å²) in [5.41, 5.74) is 0.859. The third-order valence-electron chi connectivity index (χ3n) is 2.90. The Morgan fingerprint density at radius 1 is 1.27 bits per heavy atom. The number of nitrogens with one attached hydrogen (secondary N) is 1. The Morgan fingerprint density at radius 2 is 2.00 bits per heavy atom. The molecule has 0 aliphatic carbocycles. The van der Waals surface area contributed by atoms with Gasteiger partial charge in [-0.15, -0.1) is 11.8 Å². The van der Waals surface area contributed by atoms with Gasteiger partial charge in [0.25, 0.3) is 0 Å². The molecular weight excluding hydrogens is 325 g/mol. The van der Waals surface area contributed by atoms with Gasteiger partial charge in [0.05, 0.1) is 17.5 Å². The van der Waals surface area contributed by atoms with Crippen LogP contribution in [0.4, 0.5) is 10.1 Å². The fourth-order valence-corrected chi connectivity index (χ4v) is 2.78. The molecule has 116 valence electrons. The third-order valence-corrected chi connectivity index (χ3v) is 4.15. The van der Waals surface area contributed by atoms with E-state index in [1.54, 1.807) is 0 Å². The van der Waals surface area contributed by atoms with Crippen molar-refractivity contribution in [2.24, 2.45) is 0 Å². The highest BCUT2D eigenvalue weighted by Gasteiger charge is 2.11. The van der Waals surface area contributed by atoms with Crippen LogP contribution in [0.5, 0.6) is 0 Å². The minimum absolute atomic E-state index is 0.0571. The van der Waals surface area contributed by atoms with Crippen LogP contribution in [0.3, 0.4) is 0 Å². The molecule has 0 radical (unpaired) electrons. The first-order valence-electron chi connectivity index (χ1n) is 6.62. The number of aliphatic hydroxyl groups is 1. The molecule has 1 unspecified atom stereocenters. The number of halogens is 2. The number of carbonyl (C=O) groups excluding carboxylic acids is 1. The van der Waals surface area contributed by atoms with Gasteiger partial charge in [0, 0.05) is 10.8 Å². The smallest absolute Gasteiger partial charge is 0.234 e. The van der Waals surface area contributed by atoms with E-state index in [0.29, 0.717) is 10.8 Å². The maximum atomic E-state index is 13.5. The average Bonchev–Trinajstić information content (AvgIpc) is 2.51. The fraction of sp³-hybridized carbons (Fsp3) is 0.188. The predicted molar refractivity (Wildman–Crippen MR) is 88.8 cm³/mol. The van der Waals surface area contributed by atoms with Crippen molar-refractivity contribution in [2.45, 2.75) is 6.10 Å². The topological polar surface area (TPSA) is 49.3 Å². The number of rotatable bonds is 6. The van der Waals surface area contributed by atoms with Crippen molar-refractivity contribution in [1.29, 1.82) is 0 Å². The first kappa shape index (κ1) is 16.8. The van der Waals surface area contributed by atoms with Gasteiger partial charge in [-0.3, -0.25) is 4.79 Å². The number of carbonyl (C=O) groups is 1. The molecule has 6 heteroatoms. The van der Waals surface area contributed by atoms with E-state index in [2.05, 4.69) is 5.32 Å². The number of anilines is 1. The second kappa shape index (κ2) is 8.17. The number of hydrogen-bond acceptors (Lipinski definition) is 3. The van der Waals surface area contributed by atoms with E-state index in [4.69, 9.17) is 11.6 Å². The van der Waals surface area contributed by atoms with Crippen molar-refractivity contribution in [3.8, 4) is 0 Å². The van der Waals surface area contributed by atoms with Crippen molar-refractivity contribution < 1.29 is 14.3 Å². The summed E-state index contributed by atoms with van der Waals surface area (Å²) in [6.45, 7) is 0. The molecule has 0 bridgehead atoms. The maximum Gasteiger partial charge on any atom is 0.234 e. The average molecular weight is 340 g/mol. The number of hydrogen-bond donors (Lipinski definition) is 2. The Kier molecular flexibility index (Phi) is 6.24. The second-order valence-electron chi connectivity index (χ2n) is 4.61. The van der Waals surface area contributed by atoms with Gasteiger partial charge in [-0.05, 0) is 23.8 Å². The summed E-state index contributed by atoms with van der Waals surface area (Å²) < 4.78 is 13.5. The lowest BCUT2D eigenvalue weighted by atomic mass is 10.1. The van der Waals surface area contributed by atoms with Crippen LogP contribution in [0, 0.1) is 5.82 Å². The van der Waals surface area contributed by atoms with E-state index in [1.807, 2.05) is 30.3 Å². The fourth-order valence-electron chi connectivity index (χ4n) is 1.81. The number of benzene rings is 2. The van der Waals surface area contributed by atoms with Crippen LogP contribution in [0.2, 0.25) is 5.02 Å². The molecule has 22 heavy (non-hydrogen) atoms. The molecule has 0 fully saturated rings. The van der Waals surface area contributed by atoms with Crippen molar-refractivity contribution in [3.63, 3.8) is 0 Å². The molecule has 1 atom stereocenters. The molecule has 2 rings (SSSR count). The molecule has 0 saturated carbocycles. The molecule has 2 aromatic carbocycles. The van der Waals surface area contributed by atoms with Crippen LogP contribution in [0.15, 0.2) is 48.5 Å².